The number of nitrogens with zero attached hydrogens (tertiary/aromatic N) is 1. The Morgan fingerprint density at radius 1 is 1.27 bits per heavy atom. The van der Waals surface area contributed by atoms with Crippen LogP contribution in [0.15, 0.2) is 24.3 Å². The second-order valence-electron chi connectivity index (χ2n) is 5.51. The molecule has 0 unspecified atom stereocenters. The SMILES string of the molecule is O=C(NCCCOC1CCCCC1)c1ccccc1[N+](=O)[O-]. The monoisotopic (exact) mass is 306 g/mol. The summed E-state index contributed by atoms with van der Waals surface area (Å²) in [6.45, 7) is 1.07. The van der Waals surface area contributed by atoms with E-state index in [4.69, 9.17) is 4.74 Å². The second kappa shape index (κ2) is 8.48. The Kier molecular flexibility index (Phi) is 6.33. The molecule has 0 saturated heterocycles. The number of nitro groups is 1. The maximum absolute atomic E-state index is 12.0. The molecule has 2 rings (SSSR count). The van der Waals surface area contributed by atoms with Gasteiger partial charge in [0.1, 0.15) is 5.56 Å². The summed E-state index contributed by atoms with van der Waals surface area (Å²) in [5.74, 6) is -0.412. The highest BCUT2D eigenvalue weighted by molar-refractivity contribution is 5.98. The van der Waals surface area contributed by atoms with Gasteiger partial charge in [0, 0.05) is 19.2 Å². The number of benzene rings is 1. The van der Waals surface area contributed by atoms with E-state index >= 15 is 0 Å². The highest BCUT2D eigenvalue weighted by atomic mass is 16.6. The van der Waals surface area contributed by atoms with Crippen LogP contribution in [-0.2, 0) is 4.74 Å². The van der Waals surface area contributed by atoms with Crippen LogP contribution in [0.2, 0.25) is 0 Å². The van der Waals surface area contributed by atoms with Crippen molar-refractivity contribution in [1.29, 1.82) is 0 Å². The molecule has 1 amide bonds. The Morgan fingerprint density at radius 3 is 2.73 bits per heavy atom. The molecular weight excluding hydrogens is 284 g/mol. The summed E-state index contributed by atoms with van der Waals surface area (Å²) < 4.78 is 5.77. The molecule has 0 spiro atoms. The first-order valence-corrected chi connectivity index (χ1v) is 7.81. The number of hydrogen-bond acceptors (Lipinski definition) is 4. The molecule has 22 heavy (non-hydrogen) atoms. The fourth-order valence-electron chi connectivity index (χ4n) is 2.68. The standard InChI is InChI=1S/C16H22N2O4/c19-16(14-9-4-5-10-15(14)18(20)21)17-11-6-12-22-13-7-2-1-3-8-13/h4-5,9-10,13H,1-3,6-8,11-12H2,(H,17,19). The largest absolute Gasteiger partial charge is 0.378 e. The van der Waals surface area contributed by atoms with Crippen molar-refractivity contribution in [3.8, 4) is 0 Å². The highest BCUT2D eigenvalue weighted by Crippen LogP contribution is 2.20. The van der Waals surface area contributed by atoms with E-state index in [-0.39, 0.29) is 11.3 Å². The van der Waals surface area contributed by atoms with Gasteiger partial charge in [-0.25, -0.2) is 0 Å². The van der Waals surface area contributed by atoms with Crippen LogP contribution in [-0.4, -0.2) is 30.1 Å². The van der Waals surface area contributed by atoms with Crippen molar-refractivity contribution in [2.45, 2.75) is 44.6 Å². The first kappa shape index (κ1) is 16.4. The molecule has 0 aliphatic heterocycles. The zero-order chi connectivity index (χ0) is 15.8. The fraction of sp³-hybridized carbons (Fsp3) is 0.562. The van der Waals surface area contributed by atoms with Gasteiger partial charge in [-0.3, -0.25) is 14.9 Å². The number of rotatable bonds is 7. The van der Waals surface area contributed by atoms with Crippen molar-refractivity contribution in [3.63, 3.8) is 0 Å². The van der Waals surface area contributed by atoms with Gasteiger partial charge in [-0.2, -0.15) is 0 Å². The average molecular weight is 306 g/mol. The van der Waals surface area contributed by atoms with Crippen molar-refractivity contribution >= 4 is 11.6 Å². The quantitative estimate of drug-likeness (QED) is 0.477. The molecule has 0 heterocycles. The number of amides is 1. The van der Waals surface area contributed by atoms with Gasteiger partial charge in [-0.15, -0.1) is 0 Å². The van der Waals surface area contributed by atoms with Gasteiger partial charge in [0.05, 0.1) is 11.0 Å². The number of carbonyl (C=O) groups is 1. The minimum atomic E-state index is -0.541. The number of ether oxygens (including phenoxy) is 1. The molecule has 0 radical (unpaired) electrons. The van der Waals surface area contributed by atoms with Crippen molar-refractivity contribution in [2.24, 2.45) is 0 Å². The van der Waals surface area contributed by atoms with Gasteiger partial charge in [0.2, 0.25) is 0 Å². The van der Waals surface area contributed by atoms with Gasteiger partial charge in [-0.1, -0.05) is 31.4 Å². The van der Waals surface area contributed by atoms with E-state index in [1.54, 1.807) is 12.1 Å². The lowest BCUT2D eigenvalue weighted by Crippen LogP contribution is -2.26. The third-order valence-electron chi connectivity index (χ3n) is 3.86. The number of para-hydroxylation sites is 1. The molecule has 1 aromatic rings. The lowest BCUT2D eigenvalue weighted by molar-refractivity contribution is -0.385. The number of nitro benzene ring substituents is 1. The maximum atomic E-state index is 12.0. The van der Waals surface area contributed by atoms with Gasteiger partial charge >= 0.3 is 0 Å². The number of carbonyl (C=O) groups excluding carboxylic acids is 1. The van der Waals surface area contributed by atoms with Crippen LogP contribution < -0.4 is 5.32 Å². The van der Waals surface area contributed by atoms with E-state index in [1.165, 1.54) is 31.4 Å². The topological polar surface area (TPSA) is 81.5 Å². The van der Waals surface area contributed by atoms with Crippen LogP contribution in [0.3, 0.4) is 0 Å². The van der Waals surface area contributed by atoms with Crippen LogP contribution >= 0.6 is 0 Å². The molecule has 0 atom stereocenters. The molecular formula is C16H22N2O4. The van der Waals surface area contributed by atoms with Crippen molar-refractivity contribution in [3.05, 3.63) is 39.9 Å². The zero-order valence-electron chi connectivity index (χ0n) is 12.6. The Labute approximate surface area is 130 Å². The Balaban J connectivity index is 1.70. The summed E-state index contributed by atoms with van der Waals surface area (Å²) in [6, 6.07) is 5.97. The van der Waals surface area contributed by atoms with E-state index in [9.17, 15) is 14.9 Å². The van der Waals surface area contributed by atoms with E-state index < -0.39 is 10.8 Å². The average Bonchev–Trinajstić information content (AvgIpc) is 2.55. The second-order valence-corrected chi connectivity index (χ2v) is 5.51. The van der Waals surface area contributed by atoms with E-state index in [2.05, 4.69) is 5.32 Å². The van der Waals surface area contributed by atoms with E-state index in [0.717, 1.165) is 12.8 Å². The van der Waals surface area contributed by atoms with Crippen LogP contribution in [0.1, 0.15) is 48.9 Å². The normalized spacial score (nSPS) is 15.5. The van der Waals surface area contributed by atoms with Crippen LogP contribution in [0.5, 0.6) is 0 Å². The molecule has 6 nitrogen and oxygen atoms in total. The Bertz CT molecular complexity index is 513. The van der Waals surface area contributed by atoms with Crippen molar-refractivity contribution in [1.82, 2.24) is 5.32 Å². The molecule has 0 aromatic heterocycles. The minimum absolute atomic E-state index is 0.0979. The van der Waals surface area contributed by atoms with Crippen molar-refractivity contribution < 1.29 is 14.5 Å². The first-order chi connectivity index (χ1) is 10.7. The summed E-state index contributed by atoms with van der Waals surface area (Å²) in [5.41, 5.74) is -0.0702. The number of nitrogens with one attached hydrogen (secondary N) is 1. The highest BCUT2D eigenvalue weighted by Gasteiger charge is 2.18. The first-order valence-electron chi connectivity index (χ1n) is 7.81. The predicted molar refractivity (Wildman–Crippen MR) is 82.9 cm³/mol. The fourth-order valence-corrected chi connectivity index (χ4v) is 2.68. The maximum Gasteiger partial charge on any atom is 0.282 e. The third kappa shape index (κ3) is 4.80. The van der Waals surface area contributed by atoms with Gasteiger partial charge < -0.3 is 10.1 Å². The summed E-state index contributed by atoms with van der Waals surface area (Å²) in [7, 11) is 0. The molecule has 1 fully saturated rings. The Morgan fingerprint density at radius 2 is 2.00 bits per heavy atom. The third-order valence-corrected chi connectivity index (χ3v) is 3.86. The molecule has 1 aliphatic rings. The lowest BCUT2D eigenvalue weighted by atomic mass is 9.98. The summed E-state index contributed by atoms with van der Waals surface area (Å²) in [6.07, 6.45) is 7.09. The molecule has 120 valence electrons. The molecule has 1 saturated carbocycles. The summed E-state index contributed by atoms with van der Waals surface area (Å²) in [5, 5.41) is 13.6. The predicted octanol–water partition coefficient (Wildman–Crippen LogP) is 3.06. The van der Waals surface area contributed by atoms with Crippen molar-refractivity contribution in [2.75, 3.05) is 13.2 Å². The molecule has 6 heteroatoms. The Hall–Kier alpha value is -1.95. The smallest absolute Gasteiger partial charge is 0.282 e. The zero-order valence-corrected chi connectivity index (χ0v) is 12.6. The lowest BCUT2D eigenvalue weighted by Gasteiger charge is -2.21. The van der Waals surface area contributed by atoms with E-state index in [0.29, 0.717) is 25.7 Å². The van der Waals surface area contributed by atoms with Gasteiger partial charge in [0.25, 0.3) is 11.6 Å². The summed E-state index contributed by atoms with van der Waals surface area (Å²) in [4.78, 5) is 22.3. The van der Waals surface area contributed by atoms with Crippen LogP contribution in [0.25, 0.3) is 0 Å². The molecule has 1 aliphatic carbocycles. The molecule has 1 N–H and O–H groups in total. The van der Waals surface area contributed by atoms with Gasteiger partial charge in [0.15, 0.2) is 0 Å². The summed E-state index contributed by atoms with van der Waals surface area (Å²) >= 11 is 0. The van der Waals surface area contributed by atoms with Gasteiger partial charge in [-0.05, 0) is 25.3 Å². The molecule has 1 aromatic carbocycles. The van der Waals surface area contributed by atoms with E-state index in [1.807, 2.05) is 0 Å². The van der Waals surface area contributed by atoms with Crippen LogP contribution in [0.4, 0.5) is 5.69 Å². The molecule has 0 bridgehead atoms. The number of hydrogen-bond donors (Lipinski definition) is 1. The van der Waals surface area contributed by atoms with Crippen LogP contribution in [0, 0.1) is 10.1 Å². The minimum Gasteiger partial charge on any atom is -0.378 e.